The molecule has 2 aliphatic heterocycles. The van der Waals surface area contributed by atoms with E-state index in [-0.39, 0.29) is 12.1 Å². The van der Waals surface area contributed by atoms with Crippen LogP contribution in [-0.4, -0.2) is 73.1 Å². The summed E-state index contributed by atoms with van der Waals surface area (Å²) < 4.78 is 29.0. The van der Waals surface area contributed by atoms with Gasteiger partial charge < -0.3 is 20.4 Å². The number of rotatable bonds is 7. The first-order chi connectivity index (χ1) is 17.5. The van der Waals surface area contributed by atoms with Crippen LogP contribution in [0.1, 0.15) is 49.9 Å². The van der Waals surface area contributed by atoms with Gasteiger partial charge in [-0.05, 0) is 68.9 Å². The molecule has 2 heterocycles. The Labute approximate surface area is 218 Å². The highest BCUT2D eigenvalue weighted by Gasteiger charge is 2.31. The molecule has 0 aromatic heterocycles. The topological polar surface area (TPSA) is 69.9 Å². The lowest BCUT2D eigenvalue weighted by Crippen LogP contribution is -2.46. The van der Waals surface area contributed by atoms with Gasteiger partial charge in [-0.15, -0.1) is 0 Å². The van der Waals surface area contributed by atoms with Crippen LogP contribution in [0.15, 0.2) is 42.5 Å². The molecule has 2 aromatic rings. The maximum atomic E-state index is 15.0. The van der Waals surface area contributed by atoms with E-state index in [0.29, 0.717) is 37.5 Å². The Hall–Kier alpha value is -3.00. The highest BCUT2D eigenvalue weighted by molar-refractivity contribution is 6.01. The molecule has 0 bridgehead atoms. The second kappa shape index (κ2) is 11.2. The van der Waals surface area contributed by atoms with Crippen LogP contribution in [0, 0.1) is 11.7 Å². The summed E-state index contributed by atoms with van der Waals surface area (Å²) in [6, 6.07) is 12.8. The highest BCUT2D eigenvalue weighted by Crippen LogP contribution is 2.31. The maximum Gasteiger partial charge on any atom is 0.257 e. The van der Waals surface area contributed by atoms with Gasteiger partial charge in [0, 0.05) is 51.5 Å². The second-order valence-corrected chi connectivity index (χ2v) is 11.0. The van der Waals surface area contributed by atoms with Gasteiger partial charge in [-0.1, -0.05) is 24.3 Å². The molecule has 4 rings (SSSR count). The van der Waals surface area contributed by atoms with Crippen molar-refractivity contribution in [2.45, 2.75) is 51.2 Å². The van der Waals surface area contributed by atoms with Crippen molar-refractivity contribution >= 4 is 17.5 Å². The van der Waals surface area contributed by atoms with Crippen LogP contribution in [0.3, 0.4) is 0 Å². The molecule has 2 saturated heterocycles. The average molecular weight is 513 g/mol. The number of benzene rings is 2. The molecule has 0 aliphatic carbocycles. The van der Waals surface area contributed by atoms with Crippen LogP contribution in [0.5, 0.6) is 0 Å². The Bertz CT molecular complexity index is 1110. The van der Waals surface area contributed by atoms with Gasteiger partial charge >= 0.3 is 0 Å². The summed E-state index contributed by atoms with van der Waals surface area (Å²) in [6.07, 6.45) is 3.22. The van der Waals surface area contributed by atoms with Gasteiger partial charge in [-0.25, -0.2) is 8.78 Å². The van der Waals surface area contributed by atoms with E-state index in [4.69, 9.17) is 5.73 Å². The van der Waals surface area contributed by atoms with Gasteiger partial charge in [0.15, 0.2) is 0 Å². The summed E-state index contributed by atoms with van der Waals surface area (Å²) >= 11 is 0. The number of hydrogen-bond donors (Lipinski definition) is 1. The number of carbonyl (C=O) groups is 2. The molecular formula is C29H38F2N4O2. The zero-order chi connectivity index (χ0) is 26.7. The first-order valence-electron chi connectivity index (χ1n) is 13.1. The fraction of sp³-hybridized carbons (Fsp3) is 0.517. The summed E-state index contributed by atoms with van der Waals surface area (Å²) in [5.41, 5.74) is 6.63. The smallest absolute Gasteiger partial charge is 0.257 e. The minimum atomic E-state index is -1.19. The number of nitrogens with zero attached hydrogens (tertiary/aromatic N) is 3. The van der Waals surface area contributed by atoms with Gasteiger partial charge in [0.25, 0.3) is 5.91 Å². The molecule has 37 heavy (non-hydrogen) atoms. The van der Waals surface area contributed by atoms with Gasteiger partial charge in [0.05, 0.1) is 11.5 Å². The Kier molecular flexibility index (Phi) is 8.17. The lowest BCUT2D eigenvalue weighted by Gasteiger charge is -2.39. The zero-order valence-corrected chi connectivity index (χ0v) is 22.1. The molecule has 2 amide bonds. The largest absolute Gasteiger partial charge is 0.372 e. The Balaban J connectivity index is 1.48. The quantitative estimate of drug-likeness (QED) is 0.594. The van der Waals surface area contributed by atoms with Crippen LogP contribution in [-0.2, 0) is 4.79 Å². The van der Waals surface area contributed by atoms with Crippen molar-refractivity contribution in [1.29, 1.82) is 0 Å². The van der Waals surface area contributed by atoms with E-state index in [0.717, 1.165) is 37.2 Å². The highest BCUT2D eigenvalue weighted by atomic mass is 19.1. The van der Waals surface area contributed by atoms with E-state index in [1.807, 2.05) is 24.3 Å². The number of piperidine rings is 2. The van der Waals surface area contributed by atoms with Crippen molar-refractivity contribution in [3.05, 3.63) is 53.8 Å². The third kappa shape index (κ3) is 6.47. The number of likely N-dealkylation sites (tertiary alicyclic amines) is 2. The van der Waals surface area contributed by atoms with E-state index in [1.165, 1.54) is 6.07 Å². The number of hydrogen-bond acceptors (Lipinski definition) is 4. The SMILES string of the molecule is CN(c1ccc(-c2cccc(F)c2C(=O)N2CCCC(C(N)=O)C2)cc1)C1CCN(CC(C)(C)F)CC1. The summed E-state index contributed by atoms with van der Waals surface area (Å²) in [5.74, 6) is -1.82. The number of primary amides is 1. The molecule has 200 valence electrons. The third-order valence-corrected chi connectivity index (χ3v) is 7.63. The summed E-state index contributed by atoms with van der Waals surface area (Å²) in [4.78, 5) is 31.0. The van der Waals surface area contributed by atoms with Crippen molar-refractivity contribution in [1.82, 2.24) is 9.80 Å². The molecule has 8 heteroatoms. The predicted octanol–water partition coefficient (Wildman–Crippen LogP) is 4.48. The van der Waals surface area contributed by atoms with Crippen LogP contribution in [0.2, 0.25) is 0 Å². The summed E-state index contributed by atoms with van der Waals surface area (Å²) in [6.45, 7) is 6.11. The molecule has 2 N–H and O–H groups in total. The monoisotopic (exact) mass is 512 g/mol. The molecule has 2 aliphatic rings. The Morgan fingerprint density at radius 3 is 2.35 bits per heavy atom. The van der Waals surface area contributed by atoms with Crippen LogP contribution in [0.25, 0.3) is 11.1 Å². The number of amides is 2. The average Bonchev–Trinajstić information content (AvgIpc) is 2.87. The molecular weight excluding hydrogens is 474 g/mol. The first kappa shape index (κ1) is 27.0. The normalized spacial score (nSPS) is 19.6. The van der Waals surface area contributed by atoms with E-state index in [9.17, 15) is 14.0 Å². The van der Waals surface area contributed by atoms with Crippen molar-refractivity contribution < 1.29 is 18.4 Å². The molecule has 1 atom stereocenters. The fourth-order valence-electron chi connectivity index (χ4n) is 5.62. The van der Waals surface area contributed by atoms with Crippen molar-refractivity contribution in [3.63, 3.8) is 0 Å². The second-order valence-electron chi connectivity index (χ2n) is 11.0. The number of carbonyl (C=O) groups excluding carboxylic acids is 2. The first-order valence-corrected chi connectivity index (χ1v) is 13.1. The lowest BCUT2D eigenvalue weighted by atomic mass is 9.94. The van der Waals surface area contributed by atoms with E-state index < -0.39 is 29.2 Å². The van der Waals surface area contributed by atoms with Gasteiger partial charge in [-0.3, -0.25) is 9.59 Å². The standard InChI is InChI=1S/C29H38F2N4O2/c1-29(2,31)19-34-16-13-23(14-17-34)33(3)22-11-9-20(10-12-22)24-7-4-8-25(30)26(24)28(37)35-15-5-6-21(18-35)27(32)36/h4,7-12,21,23H,5-6,13-19H2,1-3H3,(H2,32,36). The van der Waals surface area contributed by atoms with Crippen molar-refractivity contribution in [3.8, 4) is 11.1 Å². The van der Waals surface area contributed by atoms with Crippen LogP contribution in [0.4, 0.5) is 14.5 Å². The molecule has 0 spiro atoms. The third-order valence-electron chi connectivity index (χ3n) is 7.63. The van der Waals surface area contributed by atoms with Crippen molar-refractivity contribution in [2.24, 2.45) is 11.7 Å². The molecule has 2 fully saturated rings. The minimum Gasteiger partial charge on any atom is -0.372 e. The molecule has 2 aromatic carbocycles. The molecule has 0 radical (unpaired) electrons. The minimum absolute atomic E-state index is 0.0249. The molecule has 0 saturated carbocycles. The van der Waals surface area contributed by atoms with E-state index >= 15 is 4.39 Å². The Morgan fingerprint density at radius 2 is 1.73 bits per heavy atom. The lowest BCUT2D eigenvalue weighted by molar-refractivity contribution is -0.123. The van der Waals surface area contributed by atoms with Crippen LogP contribution < -0.4 is 10.6 Å². The van der Waals surface area contributed by atoms with Crippen molar-refractivity contribution in [2.75, 3.05) is 44.7 Å². The fourth-order valence-corrected chi connectivity index (χ4v) is 5.62. The molecule has 6 nitrogen and oxygen atoms in total. The predicted molar refractivity (Wildman–Crippen MR) is 143 cm³/mol. The number of alkyl halides is 1. The summed E-state index contributed by atoms with van der Waals surface area (Å²) in [5, 5.41) is 0. The maximum absolute atomic E-state index is 15.0. The van der Waals surface area contributed by atoms with Gasteiger partial charge in [0.1, 0.15) is 11.5 Å². The van der Waals surface area contributed by atoms with E-state index in [2.05, 4.69) is 16.8 Å². The van der Waals surface area contributed by atoms with Crippen LogP contribution >= 0.6 is 0 Å². The number of halogens is 2. The van der Waals surface area contributed by atoms with E-state index in [1.54, 1.807) is 30.9 Å². The summed E-state index contributed by atoms with van der Waals surface area (Å²) in [7, 11) is 2.07. The Morgan fingerprint density at radius 1 is 1.05 bits per heavy atom. The number of anilines is 1. The zero-order valence-electron chi connectivity index (χ0n) is 22.1. The number of nitrogens with two attached hydrogens (primary N) is 1. The molecule has 1 unspecified atom stereocenters. The van der Waals surface area contributed by atoms with Gasteiger partial charge in [-0.2, -0.15) is 0 Å². The van der Waals surface area contributed by atoms with Gasteiger partial charge in [0.2, 0.25) is 5.91 Å².